The average molecular weight is 314 g/mol. The van der Waals surface area contributed by atoms with E-state index in [0.29, 0.717) is 5.75 Å². The van der Waals surface area contributed by atoms with Gasteiger partial charge in [-0.25, -0.2) is 4.98 Å². The molecular weight excluding hydrogens is 296 g/mol. The van der Waals surface area contributed by atoms with E-state index in [2.05, 4.69) is 39.9 Å². The number of fused-ring (bicyclic) bond motifs is 1. The first-order valence-corrected chi connectivity index (χ1v) is 8.08. The summed E-state index contributed by atoms with van der Waals surface area (Å²) in [4.78, 5) is 4.43. The van der Waals surface area contributed by atoms with Gasteiger partial charge in [-0.1, -0.05) is 48.5 Å². The Morgan fingerprint density at radius 1 is 0.833 bits per heavy atom. The Kier molecular flexibility index (Phi) is 3.75. The number of phenolic OH excluding ortho intramolecular Hbond substituents is 1. The number of hydrogen-bond acceptors (Lipinski definition) is 2. The summed E-state index contributed by atoms with van der Waals surface area (Å²) in [5, 5.41) is 9.60. The van der Waals surface area contributed by atoms with Gasteiger partial charge in [0.05, 0.1) is 17.4 Å². The fourth-order valence-electron chi connectivity index (χ4n) is 2.99. The van der Waals surface area contributed by atoms with Crippen molar-refractivity contribution in [1.29, 1.82) is 0 Å². The molecular formula is C21H18N2O. The third-order valence-corrected chi connectivity index (χ3v) is 4.30. The molecule has 0 saturated carbocycles. The number of nitrogens with zero attached hydrogens (tertiary/aromatic N) is 2. The van der Waals surface area contributed by atoms with Crippen LogP contribution in [0.5, 0.6) is 5.75 Å². The van der Waals surface area contributed by atoms with Crippen LogP contribution in [-0.2, 0) is 13.0 Å². The summed E-state index contributed by atoms with van der Waals surface area (Å²) in [5.74, 6) is 0.295. The van der Waals surface area contributed by atoms with Crippen LogP contribution in [0.15, 0.2) is 79.1 Å². The quantitative estimate of drug-likeness (QED) is 0.595. The van der Waals surface area contributed by atoms with Crippen LogP contribution in [0.4, 0.5) is 0 Å². The summed E-state index contributed by atoms with van der Waals surface area (Å²) in [5.41, 5.74) is 5.65. The lowest BCUT2D eigenvalue weighted by molar-refractivity contribution is 0.475. The summed E-state index contributed by atoms with van der Waals surface area (Å²) in [7, 11) is 0. The molecule has 0 amide bonds. The molecule has 1 N–H and O–H groups in total. The topological polar surface area (TPSA) is 38.0 Å². The Labute approximate surface area is 140 Å². The molecule has 0 bridgehead atoms. The summed E-state index contributed by atoms with van der Waals surface area (Å²) in [6.07, 6.45) is 2.87. The molecule has 0 atom stereocenters. The molecule has 118 valence electrons. The lowest BCUT2D eigenvalue weighted by atomic mass is 10.0. The minimum absolute atomic E-state index is 0.295. The molecule has 3 nitrogen and oxygen atoms in total. The minimum atomic E-state index is 0.295. The van der Waals surface area contributed by atoms with E-state index in [9.17, 15) is 5.11 Å². The maximum absolute atomic E-state index is 9.60. The van der Waals surface area contributed by atoms with Crippen LogP contribution in [0, 0.1) is 0 Å². The minimum Gasteiger partial charge on any atom is -0.508 e. The largest absolute Gasteiger partial charge is 0.508 e. The Morgan fingerprint density at radius 2 is 1.67 bits per heavy atom. The van der Waals surface area contributed by atoms with E-state index in [1.165, 1.54) is 11.1 Å². The van der Waals surface area contributed by atoms with Crippen LogP contribution in [0.3, 0.4) is 0 Å². The molecule has 3 aromatic carbocycles. The molecule has 3 heteroatoms. The van der Waals surface area contributed by atoms with E-state index in [0.717, 1.165) is 29.6 Å². The Hall–Kier alpha value is -3.07. The van der Waals surface area contributed by atoms with Gasteiger partial charge in [-0.2, -0.15) is 0 Å². The Bertz CT molecular complexity index is 970. The van der Waals surface area contributed by atoms with Gasteiger partial charge in [0.2, 0.25) is 0 Å². The predicted octanol–water partition coefficient (Wildman–Crippen LogP) is 4.65. The van der Waals surface area contributed by atoms with E-state index in [-0.39, 0.29) is 0 Å². The van der Waals surface area contributed by atoms with E-state index in [4.69, 9.17) is 0 Å². The van der Waals surface area contributed by atoms with Gasteiger partial charge in [-0.3, -0.25) is 0 Å². The van der Waals surface area contributed by atoms with Crippen LogP contribution in [-0.4, -0.2) is 14.7 Å². The average Bonchev–Trinajstić information content (AvgIpc) is 3.04. The molecule has 0 saturated heterocycles. The SMILES string of the molecule is Oc1cccc(-c2ccc(CCn3cnc4ccccc43)cc2)c1. The molecule has 4 rings (SSSR count). The van der Waals surface area contributed by atoms with E-state index in [1.807, 2.05) is 36.7 Å². The molecule has 0 fully saturated rings. The first-order chi connectivity index (χ1) is 11.8. The van der Waals surface area contributed by atoms with E-state index >= 15 is 0 Å². The number of aromatic hydroxyl groups is 1. The zero-order valence-corrected chi connectivity index (χ0v) is 13.3. The molecule has 4 aromatic rings. The van der Waals surface area contributed by atoms with Crippen LogP contribution < -0.4 is 0 Å². The van der Waals surface area contributed by atoms with Gasteiger partial charge in [0, 0.05) is 6.54 Å². The predicted molar refractivity (Wildman–Crippen MR) is 97.0 cm³/mol. The number of aromatic nitrogens is 2. The second-order valence-corrected chi connectivity index (χ2v) is 5.92. The highest BCUT2D eigenvalue weighted by Crippen LogP contribution is 2.23. The zero-order chi connectivity index (χ0) is 16.4. The Morgan fingerprint density at radius 3 is 2.50 bits per heavy atom. The fraction of sp³-hybridized carbons (Fsp3) is 0.0952. The smallest absolute Gasteiger partial charge is 0.116 e. The number of para-hydroxylation sites is 2. The van der Waals surface area contributed by atoms with Gasteiger partial charge in [0.15, 0.2) is 0 Å². The molecule has 0 aliphatic carbocycles. The van der Waals surface area contributed by atoms with Crippen molar-refractivity contribution in [3.05, 3.63) is 84.7 Å². The molecule has 24 heavy (non-hydrogen) atoms. The van der Waals surface area contributed by atoms with E-state index < -0.39 is 0 Å². The van der Waals surface area contributed by atoms with Crippen molar-refractivity contribution in [2.75, 3.05) is 0 Å². The molecule has 1 heterocycles. The molecule has 0 aliphatic rings. The summed E-state index contributed by atoms with van der Waals surface area (Å²) in [6, 6.07) is 24.1. The van der Waals surface area contributed by atoms with Crippen LogP contribution in [0.2, 0.25) is 0 Å². The van der Waals surface area contributed by atoms with Crippen molar-refractivity contribution in [3.63, 3.8) is 0 Å². The molecule has 0 spiro atoms. The highest BCUT2D eigenvalue weighted by atomic mass is 16.3. The highest BCUT2D eigenvalue weighted by molar-refractivity contribution is 5.74. The summed E-state index contributed by atoms with van der Waals surface area (Å²) >= 11 is 0. The normalized spacial score (nSPS) is 11.0. The van der Waals surface area contributed by atoms with Gasteiger partial charge < -0.3 is 9.67 Å². The highest BCUT2D eigenvalue weighted by Gasteiger charge is 2.03. The van der Waals surface area contributed by atoms with Crippen molar-refractivity contribution < 1.29 is 5.11 Å². The third kappa shape index (κ3) is 2.88. The lowest BCUT2D eigenvalue weighted by Crippen LogP contribution is -1.99. The monoisotopic (exact) mass is 314 g/mol. The van der Waals surface area contributed by atoms with Gasteiger partial charge in [-0.15, -0.1) is 0 Å². The number of aryl methyl sites for hydroxylation is 2. The molecule has 1 aromatic heterocycles. The van der Waals surface area contributed by atoms with Crippen molar-refractivity contribution in [2.45, 2.75) is 13.0 Å². The maximum atomic E-state index is 9.60. The number of phenols is 1. The van der Waals surface area contributed by atoms with Gasteiger partial charge in [-0.05, 0) is 47.4 Å². The zero-order valence-electron chi connectivity index (χ0n) is 13.3. The number of rotatable bonds is 4. The fourth-order valence-corrected chi connectivity index (χ4v) is 2.99. The maximum Gasteiger partial charge on any atom is 0.116 e. The molecule has 0 unspecified atom stereocenters. The molecule has 0 radical (unpaired) electrons. The Balaban J connectivity index is 1.49. The van der Waals surface area contributed by atoms with Crippen LogP contribution in [0.1, 0.15) is 5.56 Å². The number of hydrogen-bond donors (Lipinski definition) is 1. The second-order valence-electron chi connectivity index (χ2n) is 5.92. The van der Waals surface area contributed by atoms with Crippen molar-refractivity contribution in [3.8, 4) is 16.9 Å². The van der Waals surface area contributed by atoms with Gasteiger partial charge >= 0.3 is 0 Å². The third-order valence-electron chi connectivity index (χ3n) is 4.30. The first kappa shape index (κ1) is 14.5. The number of imidazole rings is 1. The van der Waals surface area contributed by atoms with Crippen LogP contribution in [0.25, 0.3) is 22.2 Å². The lowest BCUT2D eigenvalue weighted by Gasteiger charge is -2.07. The van der Waals surface area contributed by atoms with Gasteiger partial charge in [0.25, 0.3) is 0 Å². The van der Waals surface area contributed by atoms with Crippen molar-refractivity contribution in [2.24, 2.45) is 0 Å². The van der Waals surface area contributed by atoms with Crippen LogP contribution >= 0.6 is 0 Å². The standard InChI is InChI=1S/C21H18N2O/c24-19-5-3-4-18(14-19)17-10-8-16(9-11-17)12-13-23-15-22-20-6-1-2-7-21(20)23/h1-11,14-15,24H,12-13H2. The van der Waals surface area contributed by atoms with Gasteiger partial charge in [0.1, 0.15) is 5.75 Å². The summed E-state index contributed by atoms with van der Waals surface area (Å²) in [6.45, 7) is 0.909. The van der Waals surface area contributed by atoms with Crippen molar-refractivity contribution >= 4 is 11.0 Å². The first-order valence-electron chi connectivity index (χ1n) is 8.08. The summed E-state index contributed by atoms with van der Waals surface area (Å²) < 4.78 is 2.19. The number of benzene rings is 3. The van der Waals surface area contributed by atoms with Crippen molar-refractivity contribution in [1.82, 2.24) is 9.55 Å². The second kappa shape index (κ2) is 6.20. The molecule has 0 aliphatic heterocycles. The van der Waals surface area contributed by atoms with E-state index in [1.54, 1.807) is 12.1 Å².